The summed E-state index contributed by atoms with van der Waals surface area (Å²) in [7, 11) is 0. The van der Waals surface area contributed by atoms with Gasteiger partial charge >= 0.3 is 0 Å². The summed E-state index contributed by atoms with van der Waals surface area (Å²) in [4.78, 5) is 0. The minimum Gasteiger partial charge on any atom is -0.239 e. The van der Waals surface area contributed by atoms with Crippen LogP contribution < -0.4 is 0 Å². The molecule has 0 spiro atoms. The van der Waals surface area contributed by atoms with Crippen LogP contribution in [0.15, 0.2) is 54.6 Å². The Bertz CT molecular complexity index is 524. The molecule has 1 atom stereocenters. The molecular weight excluding hydrogens is 333 g/mol. The molecule has 0 aliphatic carbocycles. The first-order valence-electron chi connectivity index (χ1n) is 6.39. The summed E-state index contributed by atoms with van der Waals surface area (Å²) < 4.78 is 2.45. The standard InChI is InChI=1S/C16H16IN/c17-18-11-10-14-8-4-5-9-15(14)16(18)12-13-6-2-1-3-7-13/h1-9,16H,10-12H2. The molecule has 3 rings (SSSR count). The fourth-order valence-electron chi connectivity index (χ4n) is 2.67. The van der Waals surface area contributed by atoms with E-state index in [2.05, 4.69) is 80.6 Å². The first-order chi connectivity index (χ1) is 8.84. The molecule has 1 heterocycles. The van der Waals surface area contributed by atoms with E-state index in [1.54, 1.807) is 0 Å². The summed E-state index contributed by atoms with van der Waals surface area (Å²) in [5.41, 5.74) is 4.44. The lowest BCUT2D eigenvalue weighted by atomic mass is 9.90. The second kappa shape index (κ2) is 5.41. The van der Waals surface area contributed by atoms with Gasteiger partial charge in [-0.2, -0.15) is 0 Å². The van der Waals surface area contributed by atoms with E-state index in [0.29, 0.717) is 6.04 Å². The van der Waals surface area contributed by atoms with Crippen LogP contribution in [0, 0.1) is 0 Å². The van der Waals surface area contributed by atoms with Crippen LogP contribution in [0.4, 0.5) is 0 Å². The number of halogens is 1. The highest BCUT2D eigenvalue weighted by molar-refractivity contribution is 14.1. The maximum Gasteiger partial charge on any atom is 0.0486 e. The molecule has 0 radical (unpaired) electrons. The largest absolute Gasteiger partial charge is 0.239 e. The van der Waals surface area contributed by atoms with Crippen LogP contribution in [0.3, 0.4) is 0 Å². The summed E-state index contributed by atoms with van der Waals surface area (Å²) in [5.74, 6) is 0. The van der Waals surface area contributed by atoms with Gasteiger partial charge in [-0.05, 0) is 29.5 Å². The maximum atomic E-state index is 2.48. The van der Waals surface area contributed by atoms with Crippen LogP contribution in [-0.4, -0.2) is 9.66 Å². The predicted molar refractivity (Wildman–Crippen MR) is 83.8 cm³/mol. The number of hydrogen-bond acceptors (Lipinski definition) is 1. The summed E-state index contributed by atoms with van der Waals surface area (Å²) >= 11 is 2.48. The third-order valence-electron chi connectivity index (χ3n) is 3.62. The molecule has 0 saturated carbocycles. The number of hydrogen-bond donors (Lipinski definition) is 0. The molecule has 0 saturated heterocycles. The minimum atomic E-state index is 0.512. The van der Waals surface area contributed by atoms with Crippen molar-refractivity contribution in [3.63, 3.8) is 0 Å². The van der Waals surface area contributed by atoms with Crippen molar-refractivity contribution >= 4 is 22.9 Å². The molecule has 18 heavy (non-hydrogen) atoms. The third kappa shape index (κ3) is 2.45. The minimum absolute atomic E-state index is 0.512. The SMILES string of the molecule is IN1CCc2ccccc2C1Cc1ccccc1. The Kier molecular flexibility index (Phi) is 3.66. The first kappa shape index (κ1) is 12.2. The topological polar surface area (TPSA) is 3.24 Å². The Labute approximate surface area is 122 Å². The van der Waals surface area contributed by atoms with Gasteiger partial charge in [0.05, 0.1) is 0 Å². The molecule has 0 amide bonds. The number of fused-ring (bicyclic) bond motifs is 1. The number of benzene rings is 2. The summed E-state index contributed by atoms with van der Waals surface area (Å²) in [5, 5.41) is 0. The van der Waals surface area contributed by atoms with Crippen LogP contribution in [-0.2, 0) is 12.8 Å². The van der Waals surface area contributed by atoms with Gasteiger partial charge in [-0.3, -0.25) is 0 Å². The van der Waals surface area contributed by atoms with E-state index >= 15 is 0 Å². The van der Waals surface area contributed by atoms with Crippen molar-refractivity contribution in [2.24, 2.45) is 0 Å². The van der Waals surface area contributed by atoms with E-state index in [4.69, 9.17) is 0 Å². The lowest BCUT2D eigenvalue weighted by Gasteiger charge is -2.33. The quantitative estimate of drug-likeness (QED) is 0.581. The van der Waals surface area contributed by atoms with Gasteiger partial charge in [-0.1, -0.05) is 54.6 Å². The fraction of sp³-hybridized carbons (Fsp3) is 0.250. The Morgan fingerprint density at radius 1 is 1.00 bits per heavy atom. The van der Waals surface area contributed by atoms with Crippen molar-refractivity contribution in [3.8, 4) is 0 Å². The second-order valence-corrected chi connectivity index (χ2v) is 6.02. The van der Waals surface area contributed by atoms with Crippen LogP contribution in [0.5, 0.6) is 0 Å². The molecule has 1 unspecified atom stereocenters. The van der Waals surface area contributed by atoms with E-state index in [1.807, 2.05) is 0 Å². The molecule has 0 aromatic heterocycles. The molecule has 2 heteroatoms. The van der Waals surface area contributed by atoms with Crippen LogP contribution in [0.1, 0.15) is 22.7 Å². The second-order valence-electron chi connectivity index (χ2n) is 4.78. The fourth-order valence-corrected chi connectivity index (χ4v) is 3.41. The van der Waals surface area contributed by atoms with Crippen LogP contribution >= 0.6 is 22.9 Å². The van der Waals surface area contributed by atoms with E-state index in [9.17, 15) is 0 Å². The summed E-state index contributed by atoms with van der Waals surface area (Å²) in [6, 6.07) is 20.2. The Balaban J connectivity index is 1.91. The highest BCUT2D eigenvalue weighted by atomic mass is 127. The highest BCUT2D eigenvalue weighted by Gasteiger charge is 2.25. The summed E-state index contributed by atoms with van der Waals surface area (Å²) in [6.07, 6.45) is 2.27. The molecule has 0 bridgehead atoms. The van der Waals surface area contributed by atoms with Crippen molar-refractivity contribution < 1.29 is 0 Å². The summed E-state index contributed by atoms with van der Waals surface area (Å²) in [6.45, 7) is 1.15. The van der Waals surface area contributed by atoms with Gasteiger partial charge in [0.25, 0.3) is 0 Å². The van der Waals surface area contributed by atoms with Crippen molar-refractivity contribution in [2.45, 2.75) is 18.9 Å². The molecule has 1 aliphatic rings. The normalized spacial score (nSPS) is 19.5. The van der Waals surface area contributed by atoms with Crippen LogP contribution in [0.25, 0.3) is 0 Å². The van der Waals surface area contributed by atoms with Crippen molar-refractivity contribution in [3.05, 3.63) is 71.3 Å². The molecular formula is C16H16IN. The van der Waals surface area contributed by atoms with E-state index in [0.717, 1.165) is 13.0 Å². The third-order valence-corrected chi connectivity index (χ3v) is 4.77. The molecule has 0 fully saturated rings. The van der Waals surface area contributed by atoms with Gasteiger partial charge in [-0.15, -0.1) is 0 Å². The zero-order chi connectivity index (χ0) is 12.4. The van der Waals surface area contributed by atoms with Gasteiger partial charge < -0.3 is 0 Å². The van der Waals surface area contributed by atoms with Gasteiger partial charge in [-0.25, -0.2) is 3.11 Å². The van der Waals surface area contributed by atoms with Gasteiger partial charge in [0.2, 0.25) is 0 Å². The number of nitrogens with zero attached hydrogens (tertiary/aromatic N) is 1. The van der Waals surface area contributed by atoms with Gasteiger partial charge in [0.1, 0.15) is 0 Å². The lowest BCUT2D eigenvalue weighted by molar-refractivity contribution is 0.367. The Morgan fingerprint density at radius 2 is 1.72 bits per heavy atom. The average Bonchev–Trinajstić information content (AvgIpc) is 2.43. The van der Waals surface area contributed by atoms with Crippen molar-refractivity contribution in [2.75, 3.05) is 6.54 Å². The zero-order valence-electron chi connectivity index (χ0n) is 10.2. The predicted octanol–water partition coefficient (Wildman–Crippen LogP) is 4.18. The van der Waals surface area contributed by atoms with Gasteiger partial charge in [0, 0.05) is 35.5 Å². The molecule has 0 N–H and O–H groups in total. The first-order valence-corrected chi connectivity index (χ1v) is 7.35. The Morgan fingerprint density at radius 3 is 2.56 bits per heavy atom. The monoisotopic (exact) mass is 349 g/mol. The average molecular weight is 349 g/mol. The zero-order valence-corrected chi connectivity index (χ0v) is 12.4. The Hall–Kier alpha value is -0.870. The van der Waals surface area contributed by atoms with E-state index in [1.165, 1.54) is 23.1 Å². The van der Waals surface area contributed by atoms with E-state index < -0.39 is 0 Å². The lowest BCUT2D eigenvalue weighted by Crippen LogP contribution is -2.29. The molecule has 2 aromatic carbocycles. The highest BCUT2D eigenvalue weighted by Crippen LogP contribution is 2.34. The van der Waals surface area contributed by atoms with Crippen molar-refractivity contribution in [1.29, 1.82) is 0 Å². The number of rotatable bonds is 2. The molecule has 1 nitrogen and oxygen atoms in total. The maximum absolute atomic E-state index is 2.48. The van der Waals surface area contributed by atoms with Crippen molar-refractivity contribution in [1.82, 2.24) is 3.11 Å². The smallest absolute Gasteiger partial charge is 0.0486 e. The van der Waals surface area contributed by atoms with Crippen LogP contribution in [0.2, 0.25) is 0 Å². The van der Waals surface area contributed by atoms with E-state index in [-0.39, 0.29) is 0 Å². The molecule has 92 valence electrons. The molecule has 1 aliphatic heterocycles. The molecule has 2 aromatic rings. The van der Waals surface area contributed by atoms with Gasteiger partial charge in [0.15, 0.2) is 0 Å².